The lowest BCUT2D eigenvalue weighted by Crippen LogP contribution is -2.03. The molecule has 0 unspecified atom stereocenters. The minimum Gasteiger partial charge on any atom is -0.309 e. The van der Waals surface area contributed by atoms with E-state index in [9.17, 15) is 5.26 Å². The number of rotatable bonds is 8. The smallest absolute Gasteiger partial charge is 0.0992 e. The van der Waals surface area contributed by atoms with E-state index in [2.05, 4.69) is 279 Å². The Morgan fingerprint density at radius 1 is 0.250 bits per heavy atom. The summed E-state index contributed by atoms with van der Waals surface area (Å²) in [5, 5.41) is 15.5. The molecule has 0 amide bonds. The van der Waals surface area contributed by atoms with E-state index in [1.54, 1.807) is 0 Å². The van der Waals surface area contributed by atoms with Gasteiger partial charge in [0.25, 0.3) is 0 Å². The molecule has 3 heteroatoms. The molecule has 386 valence electrons. The Morgan fingerprint density at radius 3 is 0.850 bits per heavy atom. The predicted molar refractivity (Wildman–Crippen MR) is 340 cm³/mol. The molecule has 3 nitrogen and oxygen atoms in total. The summed E-state index contributed by atoms with van der Waals surface area (Å²) in [6.07, 6.45) is 0. The third-order valence-electron chi connectivity index (χ3n) is 16.9. The van der Waals surface area contributed by atoms with Crippen molar-refractivity contribution in [2.24, 2.45) is 0 Å². The standard InChI is InChI=1S/C77H63N3/c1-45-11-22-61(50(6)33-45)56-17-28-72(79-73-29-18-57(62-23-12-46(2)34-51(62)7)40-68(73)69-41-58(19-30-74(69)79)63-24-13-47(3)35-52(63)8)67(39-56)66-27-16-55(44-78)38-77(66)80-75-31-20-59(64-25-14-48(4)36-53(64)9)42-70(75)71-43-60(21-32-76(71)80)65-26-15-49(5)37-54(65)10/h11-43H,1-10H3. The average molecular weight is 1030 g/mol. The number of nitrogens with zero attached hydrogens (tertiary/aromatic N) is 3. The van der Waals surface area contributed by atoms with Crippen LogP contribution in [0.25, 0.3) is 122 Å². The van der Waals surface area contributed by atoms with E-state index < -0.39 is 0 Å². The third-order valence-corrected chi connectivity index (χ3v) is 16.9. The SMILES string of the molecule is Cc1ccc(-c2ccc(-n3c4ccc(-c5ccc(C)cc5C)cc4c4cc(-c5ccc(C)cc5C)ccc43)c(-c3ccc(C#N)cc3-n3c4ccc(-c5ccc(C)cc5C)cc4c4cc(-c5ccc(C)cc5C)ccc43)c2)c(C)c1. The van der Waals surface area contributed by atoms with E-state index in [0.717, 1.165) is 60.9 Å². The first kappa shape index (κ1) is 50.0. The highest BCUT2D eigenvalue weighted by Crippen LogP contribution is 2.46. The van der Waals surface area contributed by atoms with Crippen LogP contribution >= 0.6 is 0 Å². The molecule has 0 aliphatic rings. The van der Waals surface area contributed by atoms with Gasteiger partial charge < -0.3 is 9.13 Å². The number of fused-ring (bicyclic) bond motifs is 6. The van der Waals surface area contributed by atoms with Gasteiger partial charge in [0.1, 0.15) is 0 Å². The van der Waals surface area contributed by atoms with Gasteiger partial charge in [-0.2, -0.15) is 5.26 Å². The van der Waals surface area contributed by atoms with Gasteiger partial charge in [0.15, 0.2) is 0 Å². The summed E-state index contributed by atoms with van der Waals surface area (Å²) in [7, 11) is 0. The summed E-state index contributed by atoms with van der Waals surface area (Å²) in [5.41, 5.74) is 33.5. The van der Waals surface area contributed by atoms with Crippen LogP contribution in [0.2, 0.25) is 0 Å². The quantitative estimate of drug-likeness (QED) is 0.149. The van der Waals surface area contributed by atoms with E-state index >= 15 is 0 Å². The summed E-state index contributed by atoms with van der Waals surface area (Å²) in [6, 6.07) is 77.7. The predicted octanol–water partition coefficient (Wildman–Crippen LogP) is 20.8. The normalized spacial score (nSPS) is 11.6. The number of hydrogen-bond donors (Lipinski definition) is 0. The zero-order valence-corrected chi connectivity index (χ0v) is 47.4. The fraction of sp³-hybridized carbons (Fsp3) is 0.130. The topological polar surface area (TPSA) is 33.6 Å². The third kappa shape index (κ3) is 8.51. The van der Waals surface area contributed by atoms with Crippen LogP contribution in [0.3, 0.4) is 0 Å². The molecule has 13 rings (SSSR count). The van der Waals surface area contributed by atoms with E-state index in [1.165, 1.54) is 116 Å². The first-order valence-electron chi connectivity index (χ1n) is 27.9. The van der Waals surface area contributed by atoms with Crippen molar-refractivity contribution in [3.05, 3.63) is 261 Å². The Bertz CT molecular complexity index is 4560. The lowest BCUT2D eigenvalue weighted by molar-refractivity contribution is 1.16. The van der Waals surface area contributed by atoms with Crippen molar-refractivity contribution in [3.63, 3.8) is 0 Å². The van der Waals surface area contributed by atoms with Crippen LogP contribution in [0.15, 0.2) is 200 Å². The Kier molecular flexibility index (Phi) is 12.2. The number of hydrogen-bond acceptors (Lipinski definition) is 1. The summed E-state index contributed by atoms with van der Waals surface area (Å²) < 4.78 is 4.91. The average Bonchev–Trinajstić information content (AvgIpc) is 4.15. The van der Waals surface area contributed by atoms with Gasteiger partial charge in [-0.25, -0.2) is 0 Å². The maximum absolute atomic E-state index is 10.9. The summed E-state index contributed by atoms with van der Waals surface area (Å²) >= 11 is 0. The van der Waals surface area contributed by atoms with Gasteiger partial charge in [-0.3, -0.25) is 0 Å². The van der Waals surface area contributed by atoms with Crippen LogP contribution in [0, 0.1) is 80.6 Å². The minimum atomic E-state index is 0.597. The molecule has 0 N–H and O–H groups in total. The van der Waals surface area contributed by atoms with Gasteiger partial charge in [0, 0.05) is 32.7 Å². The molecular weight excluding hydrogens is 967 g/mol. The van der Waals surface area contributed by atoms with Crippen LogP contribution in [-0.2, 0) is 0 Å². The minimum absolute atomic E-state index is 0.597. The molecule has 0 saturated heterocycles. The molecule has 0 aliphatic carbocycles. The second kappa shape index (κ2) is 19.5. The van der Waals surface area contributed by atoms with Crippen LogP contribution in [0.5, 0.6) is 0 Å². The summed E-state index contributed by atoms with van der Waals surface area (Å²) in [5.74, 6) is 0. The molecule has 11 aromatic carbocycles. The fourth-order valence-electron chi connectivity index (χ4n) is 13.1. The fourth-order valence-corrected chi connectivity index (χ4v) is 13.1. The zero-order chi connectivity index (χ0) is 55.2. The van der Waals surface area contributed by atoms with Crippen molar-refractivity contribution < 1.29 is 0 Å². The molecule has 0 aliphatic heterocycles. The Hall–Kier alpha value is -9.49. The highest BCUT2D eigenvalue weighted by molar-refractivity contribution is 6.14. The zero-order valence-electron chi connectivity index (χ0n) is 47.4. The Labute approximate surface area is 470 Å². The van der Waals surface area contributed by atoms with Crippen LogP contribution in [0.1, 0.15) is 61.2 Å². The van der Waals surface area contributed by atoms with E-state index in [0.29, 0.717) is 5.56 Å². The van der Waals surface area contributed by atoms with Crippen molar-refractivity contribution in [1.82, 2.24) is 9.13 Å². The Morgan fingerprint density at radius 2 is 0.537 bits per heavy atom. The second-order valence-corrected chi connectivity index (χ2v) is 22.8. The van der Waals surface area contributed by atoms with Crippen molar-refractivity contribution in [1.29, 1.82) is 5.26 Å². The largest absolute Gasteiger partial charge is 0.309 e. The van der Waals surface area contributed by atoms with Gasteiger partial charge in [-0.05, 0) is 225 Å². The molecule has 0 saturated carbocycles. The number of nitriles is 1. The monoisotopic (exact) mass is 1030 g/mol. The van der Waals surface area contributed by atoms with E-state index in [1.807, 2.05) is 6.07 Å². The van der Waals surface area contributed by atoms with Gasteiger partial charge in [0.05, 0.1) is 45.1 Å². The first-order chi connectivity index (χ1) is 38.7. The molecule has 0 fully saturated rings. The van der Waals surface area contributed by atoms with Crippen molar-refractivity contribution in [3.8, 4) is 84.2 Å². The molecule has 2 aromatic heterocycles. The summed E-state index contributed by atoms with van der Waals surface area (Å²) in [6.45, 7) is 21.9. The number of aromatic nitrogens is 2. The molecule has 0 spiro atoms. The van der Waals surface area contributed by atoms with Gasteiger partial charge in [0.2, 0.25) is 0 Å². The Balaban J connectivity index is 1.12. The second-order valence-electron chi connectivity index (χ2n) is 22.8. The van der Waals surface area contributed by atoms with Crippen molar-refractivity contribution >= 4 is 43.6 Å². The maximum atomic E-state index is 10.9. The molecule has 2 heterocycles. The number of aryl methyl sites for hydroxylation is 10. The van der Waals surface area contributed by atoms with Gasteiger partial charge >= 0.3 is 0 Å². The molecule has 0 atom stereocenters. The molecule has 0 radical (unpaired) electrons. The molecule has 80 heavy (non-hydrogen) atoms. The molecule has 0 bridgehead atoms. The van der Waals surface area contributed by atoms with Crippen molar-refractivity contribution in [2.45, 2.75) is 69.2 Å². The molecule has 13 aromatic rings. The highest BCUT2D eigenvalue weighted by Gasteiger charge is 2.24. The maximum Gasteiger partial charge on any atom is 0.0992 e. The van der Waals surface area contributed by atoms with E-state index in [-0.39, 0.29) is 0 Å². The van der Waals surface area contributed by atoms with Crippen LogP contribution in [-0.4, -0.2) is 9.13 Å². The van der Waals surface area contributed by atoms with E-state index in [4.69, 9.17) is 0 Å². The lowest BCUT2D eigenvalue weighted by atomic mass is 9.92. The van der Waals surface area contributed by atoms with Gasteiger partial charge in [-0.1, -0.05) is 155 Å². The first-order valence-corrected chi connectivity index (χ1v) is 27.9. The summed E-state index contributed by atoms with van der Waals surface area (Å²) in [4.78, 5) is 0. The van der Waals surface area contributed by atoms with Crippen molar-refractivity contribution in [2.75, 3.05) is 0 Å². The van der Waals surface area contributed by atoms with Gasteiger partial charge in [-0.15, -0.1) is 0 Å². The lowest BCUT2D eigenvalue weighted by Gasteiger charge is -2.21. The van der Waals surface area contributed by atoms with Crippen LogP contribution in [0.4, 0.5) is 0 Å². The highest BCUT2D eigenvalue weighted by atomic mass is 15.0. The number of benzene rings is 11. The van der Waals surface area contributed by atoms with Crippen LogP contribution < -0.4 is 0 Å². The molecular formula is C77H63N3.